The lowest BCUT2D eigenvalue weighted by molar-refractivity contribution is -0.128. The zero-order valence-electron chi connectivity index (χ0n) is 7.99. The lowest BCUT2D eigenvalue weighted by Crippen LogP contribution is -2.29. The third-order valence-corrected chi connectivity index (χ3v) is 2.02. The summed E-state index contributed by atoms with van der Waals surface area (Å²) in [5.41, 5.74) is 0. The number of allylic oxidation sites excluding steroid dienone is 1. The molecule has 0 unspecified atom stereocenters. The van der Waals surface area contributed by atoms with E-state index < -0.39 is 0 Å². The monoisotopic (exact) mass is 182 g/mol. The number of hydrogen-bond donors (Lipinski definition) is 0. The summed E-state index contributed by atoms with van der Waals surface area (Å²) in [6.07, 6.45) is 3.16. The van der Waals surface area contributed by atoms with E-state index in [1.54, 1.807) is 17.9 Å². The van der Waals surface area contributed by atoms with Gasteiger partial charge in [0.05, 0.1) is 6.67 Å². The highest BCUT2D eigenvalue weighted by molar-refractivity contribution is 5.93. The summed E-state index contributed by atoms with van der Waals surface area (Å²) < 4.78 is 0. The van der Waals surface area contributed by atoms with Crippen molar-refractivity contribution in [3.63, 3.8) is 0 Å². The van der Waals surface area contributed by atoms with Gasteiger partial charge in [0, 0.05) is 6.54 Å². The summed E-state index contributed by atoms with van der Waals surface area (Å²) >= 11 is 0. The van der Waals surface area contributed by atoms with E-state index >= 15 is 0 Å². The van der Waals surface area contributed by atoms with Crippen molar-refractivity contribution in [2.75, 3.05) is 19.8 Å². The number of amides is 2. The van der Waals surface area contributed by atoms with Crippen LogP contribution in [0, 0.1) is 0 Å². The molecular formula is C9H14N2O2. The van der Waals surface area contributed by atoms with Crippen LogP contribution < -0.4 is 0 Å². The molecule has 0 aromatic carbocycles. The molecule has 0 bridgehead atoms. The molecule has 72 valence electrons. The van der Waals surface area contributed by atoms with Gasteiger partial charge >= 0.3 is 0 Å². The maximum Gasteiger partial charge on any atom is 0.248 e. The van der Waals surface area contributed by atoms with Crippen LogP contribution in [-0.2, 0) is 9.59 Å². The van der Waals surface area contributed by atoms with E-state index in [-0.39, 0.29) is 18.4 Å². The average molecular weight is 182 g/mol. The molecule has 2 amide bonds. The Labute approximate surface area is 77.8 Å². The van der Waals surface area contributed by atoms with Crippen LogP contribution in [0.4, 0.5) is 0 Å². The fourth-order valence-corrected chi connectivity index (χ4v) is 1.27. The van der Waals surface area contributed by atoms with E-state index in [0.717, 1.165) is 0 Å². The van der Waals surface area contributed by atoms with E-state index in [0.29, 0.717) is 13.2 Å². The maximum atomic E-state index is 11.3. The van der Waals surface area contributed by atoms with Gasteiger partial charge in [-0.05, 0) is 19.9 Å². The third kappa shape index (κ3) is 2.08. The molecule has 1 heterocycles. The van der Waals surface area contributed by atoms with E-state index in [9.17, 15) is 9.59 Å². The molecule has 1 saturated heterocycles. The van der Waals surface area contributed by atoms with Crippen molar-refractivity contribution in [1.29, 1.82) is 0 Å². The highest BCUT2D eigenvalue weighted by Gasteiger charge is 2.27. The lowest BCUT2D eigenvalue weighted by atomic mass is 10.4. The van der Waals surface area contributed by atoms with Crippen LogP contribution in [0.25, 0.3) is 0 Å². The van der Waals surface area contributed by atoms with E-state index in [1.807, 2.05) is 6.92 Å². The molecule has 1 rings (SSSR count). The lowest BCUT2D eigenvalue weighted by Gasteiger charge is -2.14. The summed E-state index contributed by atoms with van der Waals surface area (Å²) in [6, 6.07) is 0. The number of carbonyl (C=O) groups excluding carboxylic acids is 2. The van der Waals surface area contributed by atoms with Crippen LogP contribution >= 0.6 is 0 Å². The predicted octanol–water partition coefficient (Wildman–Crippen LogP) is 0.211. The van der Waals surface area contributed by atoms with Crippen molar-refractivity contribution < 1.29 is 9.59 Å². The van der Waals surface area contributed by atoms with Crippen molar-refractivity contribution in [2.24, 2.45) is 0 Å². The minimum Gasteiger partial charge on any atom is -0.324 e. The third-order valence-electron chi connectivity index (χ3n) is 2.02. The van der Waals surface area contributed by atoms with Gasteiger partial charge in [-0.15, -0.1) is 0 Å². The van der Waals surface area contributed by atoms with Gasteiger partial charge in [0.25, 0.3) is 0 Å². The topological polar surface area (TPSA) is 40.6 Å². The second-order valence-corrected chi connectivity index (χ2v) is 2.93. The summed E-state index contributed by atoms with van der Waals surface area (Å²) in [5.74, 6) is -0.0628. The van der Waals surface area contributed by atoms with Crippen molar-refractivity contribution in [3.05, 3.63) is 12.2 Å². The normalized spacial score (nSPS) is 17.5. The molecule has 0 aliphatic carbocycles. The predicted molar refractivity (Wildman–Crippen MR) is 48.8 cm³/mol. The molecule has 0 aromatic heterocycles. The first-order valence-corrected chi connectivity index (χ1v) is 4.38. The standard InChI is InChI=1S/C9H14N2O2/c1-3-5-8(12)11-6-9(13)10(4-2)7-11/h3,5H,4,6-7H2,1-2H3/b5-3+. The molecule has 0 radical (unpaired) electrons. The van der Waals surface area contributed by atoms with Crippen LogP contribution in [0.1, 0.15) is 13.8 Å². The summed E-state index contributed by atoms with van der Waals surface area (Å²) in [7, 11) is 0. The number of rotatable bonds is 2. The molecule has 1 aliphatic rings. The van der Waals surface area contributed by atoms with Gasteiger partial charge in [0.2, 0.25) is 11.8 Å². The highest BCUT2D eigenvalue weighted by atomic mass is 16.2. The Balaban J connectivity index is 2.57. The second kappa shape index (κ2) is 4.07. The molecule has 1 aliphatic heterocycles. The first-order valence-electron chi connectivity index (χ1n) is 4.38. The van der Waals surface area contributed by atoms with Crippen LogP contribution in [-0.4, -0.2) is 41.4 Å². The average Bonchev–Trinajstić information content (AvgIpc) is 2.47. The van der Waals surface area contributed by atoms with Crippen LogP contribution in [0.2, 0.25) is 0 Å². The van der Waals surface area contributed by atoms with E-state index in [2.05, 4.69) is 0 Å². The van der Waals surface area contributed by atoms with Gasteiger partial charge in [0.15, 0.2) is 0 Å². The zero-order valence-corrected chi connectivity index (χ0v) is 7.99. The largest absolute Gasteiger partial charge is 0.324 e. The van der Waals surface area contributed by atoms with Crippen LogP contribution in [0.3, 0.4) is 0 Å². The van der Waals surface area contributed by atoms with Crippen molar-refractivity contribution in [3.8, 4) is 0 Å². The quantitative estimate of drug-likeness (QED) is 0.573. The minimum atomic E-state index is -0.0909. The molecule has 0 spiro atoms. The molecular weight excluding hydrogens is 168 g/mol. The zero-order chi connectivity index (χ0) is 9.84. The number of carbonyl (C=O) groups is 2. The Morgan fingerprint density at radius 3 is 2.77 bits per heavy atom. The van der Waals surface area contributed by atoms with Gasteiger partial charge in [-0.1, -0.05) is 6.08 Å². The Morgan fingerprint density at radius 1 is 1.62 bits per heavy atom. The van der Waals surface area contributed by atoms with Crippen molar-refractivity contribution in [1.82, 2.24) is 9.80 Å². The molecule has 0 atom stereocenters. The second-order valence-electron chi connectivity index (χ2n) is 2.93. The van der Waals surface area contributed by atoms with Gasteiger partial charge < -0.3 is 9.80 Å². The molecule has 4 nitrogen and oxygen atoms in total. The fourth-order valence-electron chi connectivity index (χ4n) is 1.27. The number of likely N-dealkylation sites (N-methyl/N-ethyl adjacent to an activating group) is 1. The highest BCUT2D eigenvalue weighted by Crippen LogP contribution is 2.06. The van der Waals surface area contributed by atoms with Crippen molar-refractivity contribution in [2.45, 2.75) is 13.8 Å². The van der Waals surface area contributed by atoms with Gasteiger partial charge in [0.1, 0.15) is 6.54 Å². The molecule has 0 aromatic rings. The molecule has 4 heteroatoms. The summed E-state index contributed by atoms with van der Waals surface area (Å²) in [6.45, 7) is 5.00. The molecule has 0 N–H and O–H groups in total. The first-order chi connectivity index (χ1) is 6.19. The van der Waals surface area contributed by atoms with Crippen molar-refractivity contribution >= 4 is 11.8 Å². The van der Waals surface area contributed by atoms with Gasteiger partial charge in [-0.25, -0.2) is 0 Å². The van der Waals surface area contributed by atoms with Crippen LogP contribution in [0.5, 0.6) is 0 Å². The first kappa shape index (κ1) is 9.77. The van der Waals surface area contributed by atoms with Gasteiger partial charge in [-0.2, -0.15) is 0 Å². The smallest absolute Gasteiger partial charge is 0.248 e. The summed E-state index contributed by atoms with van der Waals surface area (Å²) in [4.78, 5) is 25.7. The summed E-state index contributed by atoms with van der Waals surface area (Å²) in [5, 5.41) is 0. The molecule has 0 saturated carbocycles. The number of hydrogen-bond acceptors (Lipinski definition) is 2. The Hall–Kier alpha value is -1.32. The fraction of sp³-hybridized carbons (Fsp3) is 0.556. The molecule has 1 fully saturated rings. The van der Waals surface area contributed by atoms with E-state index in [4.69, 9.17) is 0 Å². The Morgan fingerprint density at radius 2 is 2.31 bits per heavy atom. The van der Waals surface area contributed by atoms with E-state index in [1.165, 1.54) is 11.0 Å². The van der Waals surface area contributed by atoms with Crippen LogP contribution in [0.15, 0.2) is 12.2 Å². The van der Waals surface area contributed by atoms with Gasteiger partial charge in [-0.3, -0.25) is 9.59 Å². The maximum absolute atomic E-state index is 11.3. The molecule has 13 heavy (non-hydrogen) atoms. The number of nitrogens with zero attached hydrogens (tertiary/aromatic N) is 2. The SMILES string of the molecule is C/C=C/C(=O)N1CC(=O)N(CC)C1. The Kier molecular flexibility index (Phi) is 3.06. The minimum absolute atomic E-state index is 0.0281. The Bertz CT molecular complexity index is 248.